The third-order valence-electron chi connectivity index (χ3n) is 3.20. The lowest BCUT2D eigenvalue weighted by atomic mass is 10.0. The second-order valence-corrected chi connectivity index (χ2v) is 4.51. The molecule has 0 spiro atoms. The minimum absolute atomic E-state index is 0.621. The molecule has 2 nitrogen and oxygen atoms in total. The molecule has 18 heavy (non-hydrogen) atoms. The van der Waals surface area contributed by atoms with Gasteiger partial charge in [-0.2, -0.15) is 0 Å². The second kappa shape index (κ2) is 5.23. The molecule has 0 saturated carbocycles. The summed E-state index contributed by atoms with van der Waals surface area (Å²) in [4.78, 5) is 0. The summed E-state index contributed by atoms with van der Waals surface area (Å²) in [7, 11) is 0. The Bertz CT molecular complexity index is 520. The molecule has 92 valence electrons. The number of ether oxygens (including phenoxy) is 2. The zero-order valence-electron chi connectivity index (χ0n) is 10.3. The number of hydrogen-bond acceptors (Lipinski definition) is 2. The van der Waals surface area contributed by atoms with Crippen LogP contribution in [-0.4, -0.2) is 6.61 Å². The molecule has 2 aromatic rings. The predicted octanol–water partition coefficient (Wildman–Crippen LogP) is 3.34. The van der Waals surface area contributed by atoms with Crippen LogP contribution >= 0.6 is 0 Å². The van der Waals surface area contributed by atoms with Crippen LogP contribution in [0.1, 0.15) is 16.7 Å². The fourth-order valence-corrected chi connectivity index (χ4v) is 2.17. The van der Waals surface area contributed by atoms with Gasteiger partial charge in [0.25, 0.3) is 0 Å². The summed E-state index contributed by atoms with van der Waals surface area (Å²) in [6.45, 7) is 2.17. The van der Waals surface area contributed by atoms with Crippen molar-refractivity contribution in [1.82, 2.24) is 0 Å². The highest BCUT2D eigenvalue weighted by atomic mass is 16.5. The summed E-state index contributed by atoms with van der Waals surface area (Å²) in [5.41, 5.74) is 3.83. The van der Waals surface area contributed by atoms with E-state index < -0.39 is 0 Å². The van der Waals surface area contributed by atoms with Crippen LogP contribution in [0, 0.1) is 0 Å². The van der Waals surface area contributed by atoms with Crippen LogP contribution in [0.3, 0.4) is 0 Å². The maximum Gasteiger partial charge on any atom is 0.120 e. The van der Waals surface area contributed by atoms with Crippen molar-refractivity contribution in [2.24, 2.45) is 0 Å². The molecule has 0 saturated heterocycles. The van der Waals surface area contributed by atoms with Crippen molar-refractivity contribution < 1.29 is 9.47 Å². The van der Waals surface area contributed by atoms with Gasteiger partial charge >= 0.3 is 0 Å². The number of hydrogen-bond donors (Lipinski definition) is 0. The molecule has 0 bridgehead atoms. The maximum atomic E-state index is 5.82. The minimum atomic E-state index is 0.621. The van der Waals surface area contributed by atoms with Crippen LogP contribution in [-0.2, 0) is 24.4 Å². The molecule has 2 heteroatoms. The molecule has 1 heterocycles. The molecule has 1 aliphatic rings. The molecule has 0 aliphatic carbocycles. The Kier molecular flexibility index (Phi) is 3.29. The lowest BCUT2D eigenvalue weighted by molar-refractivity contribution is 0.110. The standard InChI is InChI=1S/C16H16O2/c1-2-4-13(5-3-1)11-18-16-7-6-15-12-17-9-8-14(15)10-16/h1-7,10H,8-9,11-12H2. The quantitative estimate of drug-likeness (QED) is 0.819. The summed E-state index contributed by atoms with van der Waals surface area (Å²) in [6.07, 6.45) is 0.984. The van der Waals surface area contributed by atoms with Crippen LogP contribution in [0.5, 0.6) is 5.75 Å². The number of fused-ring (bicyclic) bond motifs is 1. The maximum absolute atomic E-state index is 5.82. The Morgan fingerprint density at radius 1 is 1.00 bits per heavy atom. The van der Waals surface area contributed by atoms with Crippen molar-refractivity contribution in [3.8, 4) is 5.75 Å². The van der Waals surface area contributed by atoms with E-state index in [0.29, 0.717) is 6.61 Å². The Hall–Kier alpha value is -1.80. The predicted molar refractivity (Wildman–Crippen MR) is 70.6 cm³/mol. The van der Waals surface area contributed by atoms with E-state index in [1.165, 1.54) is 16.7 Å². The van der Waals surface area contributed by atoms with Crippen molar-refractivity contribution in [2.45, 2.75) is 19.6 Å². The van der Waals surface area contributed by atoms with Gasteiger partial charge in [-0.15, -0.1) is 0 Å². The first-order valence-electron chi connectivity index (χ1n) is 6.28. The van der Waals surface area contributed by atoms with E-state index in [4.69, 9.17) is 9.47 Å². The Labute approximate surface area is 107 Å². The first-order valence-corrected chi connectivity index (χ1v) is 6.28. The van der Waals surface area contributed by atoms with Crippen molar-refractivity contribution in [2.75, 3.05) is 6.61 Å². The van der Waals surface area contributed by atoms with Crippen molar-refractivity contribution in [3.05, 3.63) is 65.2 Å². The zero-order chi connectivity index (χ0) is 12.2. The van der Waals surface area contributed by atoms with Gasteiger partial charge < -0.3 is 9.47 Å². The summed E-state index contributed by atoms with van der Waals surface area (Å²) in [5.74, 6) is 0.944. The largest absolute Gasteiger partial charge is 0.489 e. The summed E-state index contributed by atoms with van der Waals surface area (Å²) >= 11 is 0. The van der Waals surface area contributed by atoms with E-state index in [-0.39, 0.29) is 0 Å². The first kappa shape index (κ1) is 11.3. The second-order valence-electron chi connectivity index (χ2n) is 4.51. The van der Waals surface area contributed by atoms with E-state index in [0.717, 1.165) is 25.4 Å². The van der Waals surface area contributed by atoms with Crippen molar-refractivity contribution in [1.29, 1.82) is 0 Å². The third-order valence-corrected chi connectivity index (χ3v) is 3.20. The minimum Gasteiger partial charge on any atom is -0.489 e. The molecular weight excluding hydrogens is 224 g/mol. The summed E-state index contributed by atoms with van der Waals surface area (Å²) in [6, 6.07) is 16.5. The topological polar surface area (TPSA) is 18.5 Å². The van der Waals surface area contributed by atoms with Gasteiger partial charge in [0.2, 0.25) is 0 Å². The molecule has 2 aromatic carbocycles. The van der Waals surface area contributed by atoms with Gasteiger partial charge in [-0.1, -0.05) is 36.4 Å². The molecule has 0 radical (unpaired) electrons. The molecule has 0 N–H and O–H groups in total. The molecule has 0 atom stereocenters. The molecule has 0 fully saturated rings. The van der Waals surface area contributed by atoms with Gasteiger partial charge in [-0.05, 0) is 35.2 Å². The monoisotopic (exact) mass is 240 g/mol. The van der Waals surface area contributed by atoms with Crippen LogP contribution in [0.2, 0.25) is 0 Å². The molecule has 0 amide bonds. The van der Waals surface area contributed by atoms with E-state index in [1.807, 2.05) is 24.3 Å². The molecular formula is C16H16O2. The van der Waals surface area contributed by atoms with Gasteiger partial charge in [0.05, 0.1) is 13.2 Å². The fourth-order valence-electron chi connectivity index (χ4n) is 2.17. The van der Waals surface area contributed by atoms with E-state index in [9.17, 15) is 0 Å². The van der Waals surface area contributed by atoms with Crippen LogP contribution in [0.4, 0.5) is 0 Å². The fraction of sp³-hybridized carbons (Fsp3) is 0.250. The number of benzene rings is 2. The SMILES string of the molecule is c1ccc(COc2ccc3c(c2)CCOC3)cc1. The molecule has 0 unspecified atom stereocenters. The van der Waals surface area contributed by atoms with Gasteiger partial charge in [0.1, 0.15) is 12.4 Å². The highest BCUT2D eigenvalue weighted by molar-refractivity contribution is 5.36. The Morgan fingerprint density at radius 2 is 1.89 bits per heavy atom. The normalized spacial score (nSPS) is 14.0. The van der Waals surface area contributed by atoms with Gasteiger partial charge in [0, 0.05) is 0 Å². The lowest BCUT2D eigenvalue weighted by Crippen LogP contribution is -2.09. The van der Waals surface area contributed by atoms with E-state index in [1.54, 1.807) is 0 Å². The Morgan fingerprint density at radius 3 is 2.78 bits per heavy atom. The molecule has 1 aliphatic heterocycles. The van der Waals surface area contributed by atoms with Crippen LogP contribution in [0.25, 0.3) is 0 Å². The van der Waals surface area contributed by atoms with E-state index in [2.05, 4.69) is 24.3 Å². The van der Waals surface area contributed by atoms with E-state index >= 15 is 0 Å². The average molecular weight is 240 g/mol. The van der Waals surface area contributed by atoms with Crippen molar-refractivity contribution in [3.63, 3.8) is 0 Å². The number of rotatable bonds is 3. The lowest BCUT2D eigenvalue weighted by Gasteiger charge is -2.17. The summed E-state index contributed by atoms with van der Waals surface area (Å²) < 4.78 is 11.2. The smallest absolute Gasteiger partial charge is 0.120 e. The van der Waals surface area contributed by atoms with Crippen molar-refractivity contribution >= 4 is 0 Å². The highest BCUT2D eigenvalue weighted by Gasteiger charge is 2.10. The zero-order valence-corrected chi connectivity index (χ0v) is 10.3. The summed E-state index contributed by atoms with van der Waals surface area (Å²) in [5, 5.41) is 0. The van der Waals surface area contributed by atoms with Crippen LogP contribution in [0.15, 0.2) is 48.5 Å². The van der Waals surface area contributed by atoms with Gasteiger partial charge in [-0.3, -0.25) is 0 Å². The third kappa shape index (κ3) is 2.54. The molecule has 0 aromatic heterocycles. The molecule has 3 rings (SSSR count). The average Bonchev–Trinajstić information content (AvgIpc) is 2.46. The van der Waals surface area contributed by atoms with Gasteiger partial charge in [0.15, 0.2) is 0 Å². The Balaban J connectivity index is 1.70. The highest BCUT2D eigenvalue weighted by Crippen LogP contribution is 2.23. The van der Waals surface area contributed by atoms with Crippen LogP contribution < -0.4 is 4.74 Å². The first-order chi connectivity index (χ1) is 8.92. The van der Waals surface area contributed by atoms with Gasteiger partial charge in [-0.25, -0.2) is 0 Å².